The Morgan fingerprint density at radius 1 is 1.07 bits per heavy atom. The molecule has 0 bridgehead atoms. The predicted molar refractivity (Wildman–Crippen MR) is 111 cm³/mol. The first kappa shape index (κ1) is 21.4. The lowest BCUT2D eigenvalue weighted by Gasteiger charge is -2.24. The van der Waals surface area contributed by atoms with E-state index in [4.69, 9.17) is 4.74 Å². The van der Waals surface area contributed by atoms with Crippen LogP contribution in [-0.2, 0) is 20.9 Å². The van der Waals surface area contributed by atoms with Crippen LogP contribution in [0.4, 0.5) is 4.79 Å². The van der Waals surface area contributed by atoms with Gasteiger partial charge in [-0.1, -0.05) is 60.7 Å². The number of hydrogen-bond acceptors (Lipinski definition) is 4. The number of carboxylic acids is 1. The molecule has 2 N–H and O–H groups in total. The molecular weight excluding hydrogens is 384 g/mol. The molecule has 7 nitrogen and oxygen atoms in total. The fourth-order valence-electron chi connectivity index (χ4n) is 3.65. The topological polar surface area (TPSA) is 95.9 Å². The summed E-state index contributed by atoms with van der Waals surface area (Å²) in [5.74, 6) is -1.55. The van der Waals surface area contributed by atoms with Gasteiger partial charge in [0.15, 0.2) is 0 Å². The Kier molecular flexibility index (Phi) is 7.43. The molecule has 0 aliphatic carbocycles. The van der Waals surface area contributed by atoms with Gasteiger partial charge in [0.1, 0.15) is 12.6 Å². The summed E-state index contributed by atoms with van der Waals surface area (Å²) >= 11 is 0. The molecule has 0 unspecified atom stereocenters. The number of carbonyl (C=O) groups excluding carboxylic acids is 2. The zero-order chi connectivity index (χ0) is 21.3. The molecule has 3 rings (SSSR count). The maximum absolute atomic E-state index is 12.7. The highest BCUT2D eigenvalue weighted by Crippen LogP contribution is 2.21. The lowest BCUT2D eigenvalue weighted by atomic mass is 9.95. The minimum atomic E-state index is -0.926. The second-order valence-corrected chi connectivity index (χ2v) is 7.34. The van der Waals surface area contributed by atoms with E-state index in [1.54, 1.807) is 0 Å². The zero-order valence-electron chi connectivity index (χ0n) is 16.7. The third kappa shape index (κ3) is 5.83. The Labute approximate surface area is 175 Å². The van der Waals surface area contributed by atoms with Gasteiger partial charge >= 0.3 is 12.1 Å². The maximum atomic E-state index is 12.7. The van der Waals surface area contributed by atoms with Crippen LogP contribution in [0.15, 0.2) is 60.7 Å². The highest BCUT2D eigenvalue weighted by atomic mass is 16.6. The first-order valence-corrected chi connectivity index (χ1v) is 10.1. The Hall–Kier alpha value is -3.35. The lowest BCUT2D eigenvalue weighted by Crippen LogP contribution is -2.47. The summed E-state index contributed by atoms with van der Waals surface area (Å²) in [6, 6.07) is 18.0. The van der Waals surface area contributed by atoms with Gasteiger partial charge in [-0.2, -0.15) is 0 Å². The van der Waals surface area contributed by atoms with Crippen LogP contribution in [0.5, 0.6) is 0 Å². The number of likely N-dealkylation sites (tertiary alicyclic amines) is 1. The SMILES string of the molecule is O=C(O)C[C@@H](CNC(=O)[C@H]1CCCN1C(=O)OCc1ccccc1)c1ccccc1. The van der Waals surface area contributed by atoms with E-state index < -0.39 is 18.1 Å². The van der Waals surface area contributed by atoms with E-state index in [-0.39, 0.29) is 31.4 Å². The van der Waals surface area contributed by atoms with Crippen molar-refractivity contribution in [3.05, 3.63) is 71.8 Å². The molecule has 0 aromatic heterocycles. The molecule has 0 saturated carbocycles. The largest absolute Gasteiger partial charge is 0.481 e. The van der Waals surface area contributed by atoms with Crippen molar-refractivity contribution in [2.75, 3.05) is 13.1 Å². The monoisotopic (exact) mass is 410 g/mol. The zero-order valence-corrected chi connectivity index (χ0v) is 16.7. The Morgan fingerprint density at radius 2 is 1.73 bits per heavy atom. The van der Waals surface area contributed by atoms with Gasteiger partial charge < -0.3 is 15.2 Å². The summed E-state index contributed by atoms with van der Waals surface area (Å²) in [4.78, 5) is 37.9. The van der Waals surface area contributed by atoms with E-state index in [1.807, 2.05) is 60.7 Å². The van der Waals surface area contributed by atoms with E-state index in [2.05, 4.69) is 5.32 Å². The third-order valence-corrected chi connectivity index (χ3v) is 5.21. The Balaban J connectivity index is 1.56. The molecule has 0 spiro atoms. The number of rotatable bonds is 8. The maximum Gasteiger partial charge on any atom is 0.410 e. The van der Waals surface area contributed by atoms with Crippen LogP contribution in [0.3, 0.4) is 0 Å². The number of ether oxygens (including phenoxy) is 1. The first-order valence-electron chi connectivity index (χ1n) is 10.1. The van der Waals surface area contributed by atoms with Gasteiger partial charge in [-0.3, -0.25) is 14.5 Å². The molecule has 1 fully saturated rings. The second kappa shape index (κ2) is 10.4. The minimum Gasteiger partial charge on any atom is -0.481 e. The second-order valence-electron chi connectivity index (χ2n) is 7.34. The number of amides is 2. The van der Waals surface area contributed by atoms with Crippen LogP contribution in [0, 0.1) is 0 Å². The quantitative estimate of drug-likeness (QED) is 0.697. The van der Waals surface area contributed by atoms with E-state index in [0.29, 0.717) is 13.0 Å². The first-order chi connectivity index (χ1) is 14.5. The van der Waals surface area contributed by atoms with Gasteiger partial charge in [-0.05, 0) is 24.0 Å². The Bertz CT molecular complexity index is 856. The average molecular weight is 410 g/mol. The fraction of sp³-hybridized carbons (Fsp3) is 0.348. The van der Waals surface area contributed by atoms with E-state index in [0.717, 1.165) is 17.5 Å². The normalized spacial score (nSPS) is 16.7. The van der Waals surface area contributed by atoms with Gasteiger partial charge in [-0.25, -0.2) is 4.79 Å². The molecule has 1 aliphatic heterocycles. The minimum absolute atomic E-state index is 0.0855. The van der Waals surface area contributed by atoms with Crippen molar-refractivity contribution in [3.8, 4) is 0 Å². The molecular formula is C23H26N2O5. The summed E-state index contributed by atoms with van der Waals surface area (Å²) in [7, 11) is 0. The summed E-state index contributed by atoms with van der Waals surface area (Å²) in [5, 5.41) is 12.0. The number of aliphatic carboxylic acids is 1. The molecule has 0 radical (unpaired) electrons. The van der Waals surface area contributed by atoms with Crippen LogP contribution in [0.2, 0.25) is 0 Å². The fourth-order valence-corrected chi connectivity index (χ4v) is 3.65. The highest BCUT2D eigenvalue weighted by molar-refractivity contribution is 5.86. The van der Waals surface area contributed by atoms with Gasteiger partial charge in [0.05, 0.1) is 6.42 Å². The summed E-state index contributed by atoms with van der Waals surface area (Å²) in [6.07, 6.45) is 0.677. The van der Waals surface area contributed by atoms with Gasteiger partial charge in [0, 0.05) is 19.0 Å². The van der Waals surface area contributed by atoms with E-state index in [9.17, 15) is 19.5 Å². The molecule has 7 heteroatoms. The van der Waals surface area contributed by atoms with Crippen LogP contribution in [0.1, 0.15) is 36.3 Å². The molecule has 2 aromatic rings. The molecule has 2 amide bonds. The highest BCUT2D eigenvalue weighted by Gasteiger charge is 2.35. The van der Waals surface area contributed by atoms with Crippen molar-refractivity contribution in [3.63, 3.8) is 0 Å². The summed E-state index contributed by atoms with van der Waals surface area (Å²) in [6.45, 7) is 0.806. The van der Waals surface area contributed by atoms with Crippen molar-refractivity contribution in [2.24, 2.45) is 0 Å². The molecule has 1 heterocycles. The lowest BCUT2D eigenvalue weighted by molar-refractivity contribution is -0.137. The van der Waals surface area contributed by atoms with Crippen LogP contribution < -0.4 is 5.32 Å². The van der Waals surface area contributed by atoms with Gasteiger partial charge in [0.25, 0.3) is 0 Å². The van der Waals surface area contributed by atoms with E-state index >= 15 is 0 Å². The van der Waals surface area contributed by atoms with Gasteiger partial charge in [-0.15, -0.1) is 0 Å². The summed E-state index contributed by atoms with van der Waals surface area (Å²) in [5.41, 5.74) is 1.73. The molecule has 1 aliphatic rings. The molecule has 1 saturated heterocycles. The number of nitrogens with zero attached hydrogens (tertiary/aromatic N) is 1. The third-order valence-electron chi connectivity index (χ3n) is 5.21. The standard InChI is InChI=1S/C23H26N2O5/c26-21(27)14-19(18-10-5-2-6-11-18)15-24-22(28)20-12-7-13-25(20)23(29)30-16-17-8-3-1-4-9-17/h1-6,8-11,19-20H,7,12-16H2,(H,24,28)(H,26,27)/t19-,20+/m0/s1. The average Bonchev–Trinajstić information content (AvgIpc) is 3.26. The number of carbonyl (C=O) groups is 3. The number of benzene rings is 2. The van der Waals surface area contributed by atoms with Crippen LogP contribution in [-0.4, -0.2) is 47.1 Å². The van der Waals surface area contributed by atoms with Crippen LogP contribution >= 0.6 is 0 Å². The molecule has 158 valence electrons. The van der Waals surface area contributed by atoms with E-state index in [1.165, 1.54) is 4.90 Å². The number of hydrogen-bond donors (Lipinski definition) is 2. The summed E-state index contributed by atoms with van der Waals surface area (Å²) < 4.78 is 5.37. The predicted octanol–water partition coefficient (Wildman–Crippen LogP) is 3.16. The molecule has 30 heavy (non-hydrogen) atoms. The van der Waals surface area contributed by atoms with Crippen molar-refractivity contribution in [1.29, 1.82) is 0 Å². The van der Waals surface area contributed by atoms with Crippen molar-refractivity contribution >= 4 is 18.0 Å². The Morgan fingerprint density at radius 3 is 2.40 bits per heavy atom. The van der Waals surface area contributed by atoms with Gasteiger partial charge in [0.2, 0.25) is 5.91 Å². The number of carboxylic acid groups (broad SMARTS) is 1. The van der Waals surface area contributed by atoms with Crippen molar-refractivity contribution in [1.82, 2.24) is 10.2 Å². The van der Waals surface area contributed by atoms with Crippen molar-refractivity contribution in [2.45, 2.75) is 37.8 Å². The number of nitrogens with one attached hydrogen (secondary N) is 1. The van der Waals surface area contributed by atoms with Crippen LogP contribution in [0.25, 0.3) is 0 Å². The van der Waals surface area contributed by atoms with Crippen molar-refractivity contribution < 1.29 is 24.2 Å². The molecule has 2 atom stereocenters. The molecule has 2 aromatic carbocycles. The smallest absolute Gasteiger partial charge is 0.410 e.